The maximum Gasteiger partial charge on any atom is 0.0154 e. The van der Waals surface area contributed by atoms with Gasteiger partial charge in [-0.2, -0.15) is 0 Å². The average Bonchev–Trinajstić information content (AvgIpc) is 2.84. The summed E-state index contributed by atoms with van der Waals surface area (Å²) in [6, 6.07) is 0. The predicted molar refractivity (Wildman–Crippen MR) is 52.1 cm³/mol. The lowest BCUT2D eigenvalue weighted by molar-refractivity contribution is 0.404. The van der Waals surface area contributed by atoms with E-state index in [9.17, 15) is 0 Å². The summed E-state index contributed by atoms with van der Waals surface area (Å²) in [6.07, 6.45) is 11.4. The molecule has 1 nitrogen and oxygen atoms in total. The maximum absolute atomic E-state index is 3.67. The molecule has 1 fully saturated rings. The summed E-state index contributed by atoms with van der Waals surface area (Å²) < 4.78 is 0. The maximum atomic E-state index is 3.67. The zero-order chi connectivity index (χ0) is 8.44. The summed E-state index contributed by atoms with van der Waals surface area (Å²) in [5.41, 5.74) is 0.529. The van der Waals surface area contributed by atoms with Crippen molar-refractivity contribution in [3.8, 4) is 0 Å². The molecule has 0 heterocycles. The van der Waals surface area contributed by atoms with E-state index in [0.717, 1.165) is 5.92 Å². The third-order valence-electron chi connectivity index (χ3n) is 3.20. The van der Waals surface area contributed by atoms with Crippen molar-refractivity contribution in [1.82, 2.24) is 5.32 Å². The number of nitrogens with one attached hydrogen (secondary N) is 1. The summed E-state index contributed by atoms with van der Waals surface area (Å²) in [6.45, 7) is 3.58. The first-order valence-corrected chi connectivity index (χ1v) is 5.19. The standard InChI is InChI=1S/C11H19N/c1-11(7-8-11)12-9-10-5-3-2-4-6-10/h2-3,10,12H,4-9H2,1H3. The van der Waals surface area contributed by atoms with E-state index in [4.69, 9.17) is 0 Å². The SMILES string of the molecule is CC1(NCC2CC=CCC2)CC1. The third-order valence-corrected chi connectivity index (χ3v) is 3.20. The second-order valence-corrected chi connectivity index (χ2v) is 4.59. The van der Waals surface area contributed by atoms with Crippen LogP contribution in [0, 0.1) is 5.92 Å². The van der Waals surface area contributed by atoms with E-state index in [1.807, 2.05) is 0 Å². The molecule has 1 heteroatoms. The first-order chi connectivity index (χ1) is 5.79. The van der Waals surface area contributed by atoms with Crippen LogP contribution >= 0.6 is 0 Å². The molecule has 0 bridgehead atoms. The normalized spacial score (nSPS) is 31.9. The van der Waals surface area contributed by atoms with Crippen molar-refractivity contribution in [2.45, 2.75) is 44.6 Å². The molecular formula is C11H19N. The van der Waals surface area contributed by atoms with Crippen LogP contribution in [-0.2, 0) is 0 Å². The Balaban J connectivity index is 1.69. The molecule has 2 rings (SSSR count). The van der Waals surface area contributed by atoms with Crippen LogP contribution in [0.15, 0.2) is 12.2 Å². The number of allylic oxidation sites excluding steroid dienone is 2. The zero-order valence-corrected chi connectivity index (χ0v) is 7.97. The summed E-state index contributed by atoms with van der Waals surface area (Å²) in [7, 11) is 0. The molecule has 1 N–H and O–H groups in total. The second kappa shape index (κ2) is 3.21. The van der Waals surface area contributed by atoms with Gasteiger partial charge in [0.2, 0.25) is 0 Å². The van der Waals surface area contributed by atoms with E-state index < -0.39 is 0 Å². The molecule has 1 unspecified atom stereocenters. The highest BCUT2D eigenvalue weighted by Gasteiger charge is 2.36. The molecule has 0 amide bonds. The molecule has 2 aliphatic rings. The minimum absolute atomic E-state index is 0.529. The fourth-order valence-corrected chi connectivity index (χ4v) is 1.80. The third kappa shape index (κ3) is 2.10. The Bertz CT molecular complexity index is 179. The molecule has 0 aliphatic heterocycles. The van der Waals surface area contributed by atoms with Crippen molar-refractivity contribution in [2.24, 2.45) is 5.92 Å². The molecule has 0 saturated heterocycles. The Morgan fingerprint density at radius 2 is 2.25 bits per heavy atom. The summed E-state index contributed by atoms with van der Waals surface area (Å²) in [5, 5.41) is 3.67. The van der Waals surface area contributed by atoms with Gasteiger partial charge in [-0.1, -0.05) is 12.2 Å². The Labute approximate surface area is 75.2 Å². The summed E-state index contributed by atoms with van der Waals surface area (Å²) >= 11 is 0. The summed E-state index contributed by atoms with van der Waals surface area (Å²) in [5.74, 6) is 0.910. The van der Waals surface area contributed by atoms with Gasteiger partial charge < -0.3 is 5.32 Å². The lowest BCUT2D eigenvalue weighted by Gasteiger charge is -2.20. The Morgan fingerprint density at radius 1 is 1.42 bits per heavy atom. The van der Waals surface area contributed by atoms with Crippen LogP contribution < -0.4 is 5.32 Å². The van der Waals surface area contributed by atoms with Gasteiger partial charge in [-0.3, -0.25) is 0 Å². The highest BCUT2D eigenvalue weighted by molar-refractivity contribution is 4.99. The highest BCUT2D eigenvalue weighted by atomic mass is 15.0. The number of hydrogen-bond acceptors (Lipinski definition) is 1. The van der Waals surface area contributed by atoms with Gasteiger partial charge in [0.1, 0.15) is 0 Å². The molecule has 0 aromatic carbocycles. The molecular weight excluding hydrogens is 146 g/mol. The van der Waals surface area contributed by atoms with E-state index in [1.165, 1.54) is 38.6 Å². The van der Waals surface area contributed by atoms with Crippen LogP contribution in [0.1, 0.15) is 39.0 Å². The van der Waals surface area contributed by atoms with Crippen molar-refractivity contribution < 1.29 is 0 Å². The van der Waals surface area contributed by atoms with Gasteiger partial charge in [-0.15, -0.1) is 0 Å². The average molecular weight is 165 g/mol. The van der Waals surface area contributed by atoms with E-state index in [1.54, 1.807) is 0 Å². The molecule has 1 saturated carbocycles. The zero-order valence-electron chi connectivity index (χ0n) is 7.97. The van der Waals surface area contributed by atoms with Crippen LogP contribution in [0.3, 0.4) is 0 Å². The predicted octanol–water partition coefficient (Wildman–Crippen LogP) is 2.48. The number of hydrogen-bond donors (Lipinski definition) is 1. The topological polar surface area (TPSA) is 12.0 Å². The summed E-state index contributed by atoms with van der Waals surface area (Å²) in [4.78, 5) is 0. The molecule has 1 atom stereocenters. The van der Waals surface area contributed by atoms with Crippen LogP contribution in [0.4, 0.5) is 0 Å². The minimum atomic E-state index is 0.529. The Morgan fingerprint density at radius 3 is 2.83 bits per heavy atom. The Hall–Kier alpha value is -0.300. The molecule has 0 aromatic rings. The van der Waals surface area contributed by atoms with Gasteiger partial charge >= 0.3 is 0 Å². The van der Waals surface area contributed by atoms with E-state index in [0.29, 0.717) is 5.54 Å². The van der Waals surface area contributed by atoms with Crippen LogP contribution in [0.2, 0.25) is 0 Å². The van der Waals surface area contributed by atoms with Gasteiger partial charge in [-0.05, 0) is 51.5 Å². The molecule has 68 valence electrons. The molecule has 12 heavy (non-hydrogen) atoms. The van der Waals surface area contributed by atoms with Crippen molar-refractivity contribution in [3.05, 3.63) is 12.2 Å². The van der Waals surface area contributed by atoms with Gasteiger partial charge in [0.25, 0.3) is 0 Å². The van der Waals surface area contributed by atoms with Gasteiger partial charge in [-0.25, -0.2) is 0 Å². The molecule has 0 radical (unpaired) electrons. The van der Waals surface area contributed by atoms with E-state index in [2.05, 4.69) is 24.4 Å². The quantitative estimate of drug-likeness (QED) is 0.633. The van der Waals surface area contributed by atoms with Gasteiger partial charge in [0.05, 0.1) is 0 Å². The molecule has 0 spiro atoms. The fraction of sp³-hybridized carbons (Fsp3) is 0.818. The molecule has 2 aliphatic carbocycles. The van der Waals surface area contributed by atoms with Gasteiger partial charge in [0.15, 0.2) is 0 Å². The largest absolute Gasteiger partial charge is 0.311 e. The Kier molecular flexibility index (Phi) is 2.22. The molecule has 0 aromatic heterocycles. The smallest absolute Gasteiger partial charge is 0.0154 e. The lowest BCUT2D eigenvalue weighted by Crippen LogP contribution is -2.33. The van der Waals surface area contributed by atoms with Crippen molar-refractivity contribution >= 4 is 0 Å². The van der Waals surface area contributed by atoms with Crippen molar-refractivity contribution in [2.75, 3.05) is 6.54 Å². The monoisotopic (exact) mass is 165 g/mol. The first kappa shape index (κ1) is 8.31. The fourth-order valence-electron chi connectivity index (χ4n) is 1.80. The van der Waals surface area contributed by atoms with Crippen LogP contribution in [-0.4, -0.2) is 12.1 Å². The van der Waals surface area contributed by atoms with E-state index >= 15 is 0 Å². The van der Waals surface area contributed by atoms with Crippen molar-refractivity contribution in [1.29, 1.82) is 0 Å². The second-order valence-electron chi connectivity index (χ2n) is 4.59. The first-order valence-electron chi connectivity index (χ1n) is 5.19. The van der Waals surface area contributed by atoms with Crippen LogP contribution in [0.5, 0.6) is 0 Å². The van der Waals surface area contributed by atoms with E-state index in [-0.39, 0.29) is 0 Å². The number of rotatable bonds is 3. The van der Waals surface area contributed by atoms with Crippen molar-refractivity contribution in [3.63, 3.8) is 0 Å². The lowest BCUT2D eigenvalue weighted by atomic mass is 9.94. The van der Waals surface area contributed by atoms with Gasteiger partial charge in [0, 0.05) is 5.54 Å². The minimum Gasteiger partial charge on any atom is -0.311 e. The van der Waals surface area contributed by atoms with Crippen LogP contribution in [0.25, 0.3) is 0 Å². The highest BCUT2D eigenvalue weighted by Crippen LogP contribution is 2.34.